The van der Waals surface area contributed by atoms with Crippen LogP contribution in [0.1, 0.15) is 59.0 Å². The minimum Gasteiger partial charge on any atom is -0.344 e. The number of nitrogens with one attached hydrogen (secondary N) is 3. The molecule has 1 aromatic carbocycles. The molecule has 3 N–H and O–H groups in total. The second-order valence-electron chi connectivity index (χ2n) is 7.00. The predicted octanol–water partition coefficient (Wildman–Crippen LogP) is 3.79. The van der Waals surface area contributed by atoms with Crippen molar-refractivity contribution < 1.29 is 4.79 Å². The fourth-order valence-corrected chi connectivity index (χ4v) is 4.18. The topological polar surface area (TPSA) is 69.8 Å². The summed E-state index contributed by atoms with van der Waals surface area (Å²) >= 11 is 6.03. The van der Waals surface area contributed by atoms with E-state index in [9.17, 15) is 4.79 Å². The molecule has 26 heavy (non-hydrogen) atoms. The van der Waals surface area contributed by atoms with Crippen LogP contribution >= 0.6 is 24.0 Å². The third-order valence-corrected chi connectivity index (χ3v) is 5.66. The molecule has 0 spiro atoms. The van der Waals surface area contributed by atoms with Crippen LogP contribution < -0.4 is 10.6 Å². The van der Waals surface area contributed by atoms with Crippen LogP contribution in [0.5, 0.6) is 0 Å². The van der Waals surface area contributed by atoms with Crippen LogP contribution in [0.2, 0.25) is 5.02 Å². The average Bonchev–Trinajstić information content (AvgIpc) is 3.30. The van der Waals surface area contributed by atoms with Gasteiger partial charge in [0.2, 0.25) is 0 Å². The molecule has 1 amide bonds. The van der Waals surface area contributed by atoms with Crippen molar-refractivity contribution in [2.75, 3.05) is 6.54 Å². The van der Waals surface area contributed by atoms with Gasteiger partial charge in [-0.05, 0) is 36.5 Å². The Balaban J connectivity index is 0.00000196. The monoisotopic (exact) mass is 394 g/mol. The summed E-state index contributed by atoms with van der Waals surface area (Å²) in [5.74, 6) is 0.381. The molecule has 1 unspecified atom stereocenters. The summed E-state index contributed by atoms with van der Waals surface area (Å²) in [6.45, 7) is 1.62. The number of halogens is 2. The van der Waals surface area contributed by atoms with E-state index >= 15 is 0 Å². The van der Waals surface area contributed by atoms with Crippen molar-refractivity contribution >= 4 is 29.9 Å². The first-order valence-corrected chi connectivity index (χ1v) is 9.43. The van der Waals surface area contributed by atoms with Crippen molar-refractivity contribution in [3.63, 3.8) is 0 Å². The molecule has 2 aromatic rings. The Kier molecular flexibility index (Phi) is 6.22. The van der Waals surface area contributed by atoms with Gasteiger partial charge in [-0.25, -0.2) is 0 Å². The molecule has 5 nitrogen and oxygen atoms in total. The highest BCUT2D eigenvalue weighted by molar-refractivity contribution is 6.30. The molecule has 7 heteroatoms. The molecule has 4 rings (SSSR count). The fourth-order valence-electron chi connectivity index (χ4n) is 4.06. The molecule has 0 radical (unpaired) electrons. The summed E-state index contributed by atoms with van der Waals surface area (Å²) < 4.78 is 0. The van der Waals surface area contributed by atoms with Crippen LogP contribution in [-0.4, -0.2) is 22.6 Å². The number of benzene rings is 1. The van der Waals surface area contributed by atoms with Gasteiger partial charge in [0, 0.05) is 35.8 Å². The lowest BCUT2D eigenvalue weighted by Crippen LogP contribution is -2.34. The number of aromatic amines is 1. The minimum absolute atomic E-state index is 0. The summed E-state index contributed by atoms with van der Waals surface area (Å²) in [4.78, 5) is 12.9. The lowest BCUT2D eigenvalue weighted by molar-refractivity contribution is 0.0915. The first-order valence-electron chi connectivity index (χ1n) is 9.05. The van der Waals surface area contributed by atoms with E-state index in [2.05, 4.69) is 20.8 Å². The predicted molar refractivity (Wildman–Crippen MR) is 105 cm³/mol. The van der Waals surface area contributed by atoms with Crippen molar-refractivity contribution in [1.82, 2.24) is 20.8 Å². The van der Waals surface area contributed by atoms with Gasteiger partial charge in [0.1, 0.15) is 0 Å². The van der Waals surface area contributed by atoms with Gasteiger partial charge in [0.15, 0.2) is 5.69 Å². The summed E-state index contributed by atoms with van der Waals surface area (Å²) in [5, 5.41) is 14.6. The zero-order chi connectivity index (χ0) is 17.2. The Morgan fingerprint density at radius 3 is 2.69 bits per heavy atom. The second kappa shape index (κ2) is 8.42. The third kappa shape index (κ3) is 3.90. The SMILES string of the molecule is Cl.O=C(NC(c1ccc(Cl)cc1)C1CCCC1)c1n[nH]c2c1CNCC2. The highest BCUT2D eigenvalue weighted by Crippen LogP contribution is 2.36. The van der Waals surface area contributed by atoms with E-state index in [0.717, 1.165) is 42.6 Å². The third-order valence-electron chi connectivity index (χ3n) is 5.41. The molecule has 140 valence electrons. The van der Waals surface area contributed by atoms with E-state index in [0.29, 0.717) is 23.2 Å². The highest BCUT2D eigenvalue weighted by Gasteiger charge is 2.30. The Morgan fingerprint density at radius 1 is 1.23 bits per heavy atom. The number of hydrogen-bond donors (Lipinski definition) is 3. The molecule has 1 aliphatic heterocycles. The Bertz CT molecular complexity index is 753. The van der Waals surface area contributed by atoms with Gasteiger partial charge in [-0.3, -0.25) is 9.89 Å². The van der Waals surface area contributed by atoms with Gasteiger partial charge in [0.25, 0.3) is 5.91 Å². The van der Waals surface area contributed by atoms with Crippen LogP contribution in [-0.2, 0) is 13.0 Å². The molecule has 2 heterocycles. The molecule has 1 aliphatic carbocycles. The fraction of sp³-hybridized carbons (Fsp3) is 0.474. The Hall–Kier alpha value is -1.56. The standard InChI is InChI=1S/C19H23ClN4O.ClH/c20-14-7-5-13(6-8-14)17(12-3-1-2-4-12)22-19(25)18-15-11-21-10-9-16(15)23-24-18;/h5-8,12,17,21H,1-4,9-11H2,(H,22,25)(H,23,24);1H. The highest BCUT2D eigenvalue weighted by atomic mass is 35.5. The van der Waals surface area contributed by atoms with E-state index in [-0.39, 0.29) is 24.4 Å². The van der Waals surface area contributed by atoms with E-state index in [1.54, 1.807) is 0 Å². The first-order chi connectivity index (χ1) is 12.2. The molecule has 1 atom stereocenters. The Labute approximate surface area is 164 Å². The molecule has 1 aromatic heterocycles. The second-order valence-corrected chi connectivity index (χ2v) is 7.44. The number of hydrogen-bond acceptors (Lipinski definition) is 3. The van der Waals surface area contributed by atoms with Crippen molar-refractivity contribution in [3.05, 3.63) is 51.8 Å². The zero-order valence-corrected chi connectivity index (χ0v) is 16.1. The van der Waals surface area contributed by atoms with Crippen LogP contribution in [0.3, 0.4) is 0 Å². The molecule has 1 fully saturated rings. The van der Waals surface area contributed by atoms with E-state index in [1.165, 1.54) is 12.8 Å². The lowest BCUT2D eigenvalue weighted by Gasteiger charge is -2.25. The minimum atomic E-state index is -0.0898. The van der Waals surface area contributed by atoms with Crippen LogP contribution in [0, 0.1) is 5.92 Å². The maximum atomic E-state index is 12.9. The smallest absolute Gasteiger partial charge is 0.272 e. The number of nitrogens with zero attached hydrogens (tertiary/aromatic N) is 1. The van der Waals surface area contributed by atoms with E-state index in [4.69, 9.17) is 11.6 Å². The maximum Gasteiger partial charge on any atom is 0.272 e. The summed E-state index contributed by atoms with van der Waals surface area (Å²) in [6, 6.07) is 7.84. The van der Waals surface area contributed by atoms with Crippen LogP contribution in [0.25, 0.3) is 0 Å². The van der Waals surface area contributed by atoms with Crippen molar-refractivity contribution in [3.8, 4) is 0 Å². The average molecular weight is 395 g/mol. The van der Waals surface area contributed by atoms with Crippen LogP contribution in [0.4, 0.5) is 0 Å². The summed E-state index contributed by atoms with van der Waals surface area (Å²) in [7, 11) is 0. The molecule has 1 saturated carbocycles. The van der Waals surface area contributed by atoms with Crippen molar-refractivity contribution in [2.45, 2.75) is 44.7 Å². The zero-order valence-electron chi connectivity index (χ0n) is 14.6. The number of fused-ring (bicyclic) bond motifs is 1. The van der Waals surface area contributed by atoms with Gasteiger partial charge >= 0.3 is 0 Å². The Morgan fingerprint density at radius 2 is 1.96 bits per heavy atom. The molecule has 2 aliphatic rings. The molecule has 0 saturated heterocycles. The number of carbonyl (C=O) groups is 1. The van der Waals surface area contributed by atoms with E-state index < -0.39 is 0 Å². The first kappa shape index (κ1) is 19.2. The number of H-pyrrole nitrogens is 1. The number of aromatic nitrogens is 2. The van der Waals surface area contributed by atoms with Crippen molar-refractivity contribution in [2.24, 2.45) is 5.92 Å². The molecular weight excluding hydrogens is 371 g/mol. The maximum absolute atomic E-state index is 12.9. The summed E-state index contributed by atoms with van der Waals surface area (Å²) in [5.41, 5.74) is 3.73. The van der Waals surface area contributed by atoms with Crippen molar-refractivity contribution in [1.29, 1.82) is 0 Å². The normalized spacial score (nSPS) is 18.0. The van der Waals surface area contributed by atoms with E-state index in [1.807, 2.05) is 24.3 Å². The van der Waals surface area contributed by atoms with Gasteiger partial charge in [0.05, 0.1) is 6.04 Å². The quantitative estimate of drug-likeness (QED) is 0.738. The number of rotatable bonds is 4. The van der Waals surface area contributed by atoms with Crippen LogP contribution in [0.15, 0.2) is 24.3 Å². The lowest BCUT2D eigenvalue weighted by atomic mass is 9.91. The number of amides is 1. The van der Waals surface area contributed by atoms with Gasteiger partial charge in [-0.1, -0.05) is 36.6 Å². The molecule has 0 bridgehead atoms. The van der Waals surface area contributed by atoms with Gasteiger partial charge in [-0.15, -0.1) is 12.4 Å². The summed E-state index contributed by atoms with van der Waals surface area (Å²) in [6.07, 6.45) is 5.64. The largest absolute Gasteiger partial charge is 0.344 e. The number of carbonyl (C=O) groups excluding carboxylic acids is 1. The van der Waals surface area contributed by atoms with Gasteiger partial charge in [-0.2, -0.15) is 5.10 Å². The van der Waals surface area contributed by atoms with Gasteiger partial charge < -0.3 is 10.6 Å². The molecular formula is C19H24Cl2N4O.